The van der Waals surface area contributed by atoms with E-state index < -0.39 is 6.04 Å². The molecule has 1 saturated heterocycles. The van der Waals surface area contributed by atoms with Crippen LogP contribution < -0.4 is 5.32 Å². The van der Waals surface area contributed by atoms with Gasteiger partial charge in [-0.05, 0) is 42.5 Å². The highest BCUT2D eigenvalue weighted by atomic mass is 35.5. The zero-order valence-corrected chi connectivity index (χ0v) is 12.3. The molecule has 0 spiro atoms. The number of benzene rings is 1. The number of nitrogens with one attached hydrogen (secondary N) is 1. The van der Waals surface area contributed by atoms with Crippen molar-refractivity contribution in [3.8, 4) is 0 Å². The summed E-state index contributed by atoms with van der Waals surface area (Å²) in [5.41, 5.74) is 1.66. The average Bonchev–Trinajstić information content (AvgIpc) is 2.45. The number of carbonyl (C=O) groups is 2. The number of hydrogen-bond donors (Lipinski definition) is 1. The number of piperidine rings is 1. The lowest BCUT2D eigenvalue weighted by Crippen LogP contribution is -2.51. The van der Waals surface area contributed by atoms with E-state index in [1.165, 1.54) is 12.1 Å². The van der Waals surface area contributed by atoms with Gasteiger partial charge >= 0.3 is 0 Å². The molecule has 2 aliphatic heterocycles. The second kappa shape index (κ2) is 5.64. The van der Waals surface area contributed by atoms with Gasteiger partial charge in [0.25, 0.3) is 0 Å². The smallest absolute Gasteiger partial charge is 0.245 e. The topological polar surface area (TPSA) is 49.4 Å². The summed E-state index contributed by atoms with van der Waals surface area (Å²) in [7, 11) is 0. The van der Waals surface area contributed by atoms with Crippen LogP contribution in [0.2, 0.25) is 5.02 Å². The Kier molecular flexibility index (Phi) is 3.85. The molecule has 1 atom stereocenters. The Morgan fingerprint density at radius 2 is 2.19 bits per heavy atom. The third kappa shape index (κ3) is 2.88. The summed E-state index contributed by atoms with van der Waals surface area (Å²) in [6.07, 6.45) is 2.49. The van der Waals surface area contributed by atoms with E-state index >= 15 is 0 Å². The van der Waals surface area contributed by atoms with Crippen LogP contribution >= 0.6 is 11.6 Å². The monoisotopic (exact) mass is 310 g/mol. The van der Waals surface area contributed by atoms with Crippen LogP contribution in [0, 0.1) is 5.82 Å². The van der Waals surface area contributed by atoms with Gasteiger partial charge in [-0.3, -0.25) is 9.59 Å². The lowest BCUT2D eigenvalue weighted by Gasteiger charge is -2.33. The van der Waals surface area contributed by atoms with Crippen molar-refractivity contribution in [2.24, 2.45) is 0 Å². The van der Waals surface area contributed by atoms with Gasteiger partial charge in [0, 0.05) is 24.5 Å². The Morgan fingerprint density at radius 3 is 2.95 bits per heavy atom. The minimum absolute atomic E-state index is 0.0777. The summed E-state index contributed by atoms with van der Waals surface area (Å²) in [4.78, 5) is 25.5. The van der Waals surface area contributed by atoms with Crippen molar-refractivity contribution >= 4 is 23.4 Å². The third-order valence-electron chi connectivity index (χ3n) is 4.09. The van der Waals surface area contributed by atoms with Crippen LogP contribution in [0.1, 0.15) is 30.4 Å². The van der Waals surface area contributed by atoms with Crippen molar-refractivity contribution in [1.29, 1.82) is 0 Å². The average molecular weight is 311 g/mol. The Morgan fingerprint density at radius 1 is 1.38 bits per heavy atom. The van der Waals surface area contributed by atoms with E-state index in [0.29, 0.717) is 37.4 Å². The zero-order chi connectivity index (χ0) is 15.0. The molecule has 1 aromatic carbocycles. The highest BCUT2D eigenvalue weighted by Gasteiger charge is 2.31. The fourth-order valence-corrected chi connectivity index (χ4v) is 3.33. The SMILES string of the molecule is O=C1CCC[C@H](C(=O)N2CCc3c(Cl)cc(F)cc3C2)N1. The predicted molar refractivity (Wildman–Crippen MR) is 76.3 cm³/mol. The van der Waals surface area contributed by atoms with Gasteiger partial charge < -0.3 is 10.2 Å². The highest BCUT2D eigenvalue weighted by molar-refractivity contribution is 6.31. The third-order valence-corrected chi connectivity index (χ3v) is 4.42. The van der Waals surface area contributed by atoms with Gasteiger partial charge in [0.2, 0.25) is 11.8 Å². The fraction of sp³-hybridized carbons (Fsp3) is 0.467. The second-order valence-electron chi connectivity index (χ2n) is 5.55. The number of hydrogen-bond acceptors (Lipinski definition) is 2. The molecule has 1 aromatic rings. The molecule has 1 fully saturated rings. The molecule has 21 heavy (non-hydrogen) atoms. The van der Waals surface area contributed by atoms with Gasteiger partial charge in [-0.15, -0.1) is 0 Å². The van der Waals surface area contributed by atoms with E-state index in [4.69, 9.17) is 11.6 Å². The fourth-order valence-electron chi connectivity index (χ4n) is 3.01. The van der Waals surface area contributed by atoms with Crippen molar-refractivity contribution in [3.63, 3.8) is 0 Å². The van der Waals surface area contributed by atoms with Gasteiger partial charge in [-0.1, -0.05) is 11.6 Å². The van der Waals surface area contributed by atoms with E-state index in [2.05, 4.69) is 5.32 Å². The summed E-state index contributed by atoms with van der Waals surface area (Å²) in [5.74, 6) is -0.556. The normalized spacial score (nSPS) is 21.7. The quantitative estimate of drug-likeness (QED) is 0.863. The van der Waals surface area contributed by atoms with Crippen LogP contribution in [0.3, 0.4) is 0 Å². The number of carbonyl (C=O) groups excluding carboxylic acids is 2. The Balaban J connectivity index is 1.76. The Hall–Kier alpha value is -1.62. The number of fused-ring (bicyclic) bond motifs is 1. The molecule has 0 bridgehead atoms. The van der Waals surface area contributed by atoms with Crippen LogP contribution in [0.15, 0.2) is 12.1 Å². The first-order chi connectivity index (χ1) is 10.0. The number of amides is 2. The van der Waals surface area contributed by atoms with Crippen molar-refractivity contribution in [3.05, 3.63) is 34.1 Å². The molecule has 0 saturated carbocycles. The largest absolute Gasteiger partial charge is 0.344 e. The molecule has 0 aliphatic carbocycles. The summed E-state index contributed by atoms with van der Waals surface area (Å²) in [6.45, 7) is 0.890. The summed E-state index contributed by atoms with van der Waals surface area (Å²) >= 11 is 6.04. The molecule has 0 radical (unpaired) electrons. The molecule has 0 unspecified atom stereocenters. The Bertz CT molecular complexity index is 606. The zero-order valence-electron chi connectivity index (χ0n) is 11.5. The van der Waals surface area contributed by atoms with Crippen LogP contribution in [0.5, 0.6) is 0 Å². The van der Waals surface area contributed by atoms with Gasteiger partial charge in [0.1, 0.15) is 11.9 Å². The van der Waals surface area contributed by atoms with Gasteiger partial charge in [0.15, 0.2) is 0 Å². The summed E-state index contributed by atoms with van der Waals surface area (Å²) in [6, 6.07) is 2.29. The number of rotatable bonds is 1. The molecule has 0 aromatic heterocycles. The van der Waals surface area contributed by atoms with Crippen LogP contribution in [-0.4, -0.2) is 29.3 Å². The molecular formula is C15H16ClFN2O2. The number of halogens is 2. The molecule has 112 valence electrons. The first kappa shape index (κ1) is 14.3. The van der Waals surface area contributed by atoms with Gasteiger partial charge in [0.05, 0.1) is 0 Å². The first-order valence-electron chi connectivity index (χ1n) is 7.09. The van der Waals surface area contributed by atoms with Crippen LogP contribution in [-0.2, 0) is 22.6 Å². The van der Waals surface area contributed by atoms with E-state index in [1.807, 2.05) is 0 Å². The molecule has 4 nitrogen and oxygen atoms in total. The summed E-state index contributed by atoms with van der Waals surface area (Å²) < 4.78 is 13.4. The van der Waals surface area contributed by atoms with E-state index in [-0.39, 0.29) is 17.6 Å². The van der Waals surface area contributed by atoms with Crippen molar-refractivity contribution in [1.82, 2.24) is 10.2 Å². The van der Waals surface area contributed by atoms with E-state index in [1.54, 1.807) is 4.90 Å². The summed E-state index contributed by atoms with van der Waals surface area (Å²) in [5, 5.41) is 3.15. The van der Waals surface area contributed by atoms with Crippen LogP contribution in [0.25, 0.3) is 0 Å². The lowest BCUT2D eigenvalue weighted by atomic mass is 9.97. The number of nitrogens with zero attached hydrogens (tertiary/aromatic N) is 1. The second-order valence-corrected chi connectivity index (χ2v) is 5.95. The standard InChI is InChI=1S/C15H16ClFN2O2/c16-12-7-10(17)6-9-8-19(5-4-11(9)12)15(21)13-2-1-3-14(20)18-13/h6-7,13H,1-5,8H2,(H,18,20)/t13-/m1/s1. The van der Waals surface area contributed by atoms with Crippen molar-refractivity contribution in [2.45, 2.75) is 38.3 Å². The molecule has 2 amide bonds. The van der Waals surface area contributed by atoms with Gasteiger partial charge in [-0.2, -0.15) is 0 Å². The maximum Gasteiger partial charge on any atom is 0.245 e. The first-order valence-corrected chi connectivity index (χ1v) is 7.47. The maximum absolute atomic E-state index is 13.4. The van der Waals surface area contributed by atoms with Crippen LogP contribution in [0.4, 0.5) is 4.39 Å². The Labute approximate surface area is 127 Å². The maximum atomic E-state index is 13.4. The molecule has 1 N–H and O–H groups in total. The molecule has 3 rings (SSSR count). The molecule has 2 heterocycles. The highest BCUT2D eigenvalue weighted by Crippen LogP contribution is 2.28. The lowest BCUT2D eigenvalue weighted by molar-refractivity contribution is -0.138. The molecular weight excluding hydrogens is 295 g/mol. The minimum atomic E-state index is -0.447. The van der Waals surface area contributed by atoms with E-state index in [9.17, 15) is 14.0 Å². The minimum Gasteiger partial charge on any atom is -0.344 e. The molecule has 2 aliphatic rings. The van der Waals surface area contributed by atoms with E-state index in [0.717, 1.165) is 17.5 Å². The van der Waals surface area contributed by atoms with Gasteiger partial charge in [-0.25, -0.2) is 4.39 Å². The van der Waals surface area contributed by atoms with Crippen molar-refractivity contribution < 1.29 is 14.0 Å². The predicted octanol–water partition coefficient (Wildman–Crippen LogP) is 2.03. The van der Waals surface area contributed by atoms with Crippen molar-refractivity contribution in [2.75, 3.05) is 6.54 Å². The molecule has 6 heteroatoms.